The average Bonchev–Trinajstić information content (AvgIpc) is 2.44. The average molecular weight is 337 g/mol. The zero-order valence-electron chi connectivity index (χ0n) is 12.2. The summed E-state index contributed by atoms with van der Waals surface area (Å²) in [6.45, 7) is 0.405. The van der Waals surface area contributed by atoms with Gasteiger partial charge < -0.3 is 40.3 Å². The lowest BCUT2D eigenvalue weighted by atomic mass is 9.97. The molecule has 0 aromatic carbocycles. The molecule has 0 aromatic heterocycles. The van der Waals surface area contributed by atoms with Crippen LogP contribution in [0.1, 0.15) is 13.3 Å². The Morgan fingerprint density at radius 2 is 1.83 bits per heavy atom. The zero-order chi connectivity index (χ0) is 17.7. The molecule has 0 radical (unpaired) electrons. The van der Waals surface area contributed by atoms with Crippen LogP contribution in [0.4, 0.5) is 0 Å². The van der Waals surface area contributed by atoms with Crippen LogP contribution in [0.2, 0.25) is 0 Å². The van der Waals surface area contributed by atoms with Gasteiger partial charge in [-0.3, -0.25) is 9.59 Å². The molecule has 1 aliphatic rings. The second kappa shape index (κ2) is 8.17. The van der Waals surface area contributed by atoms with Gasteiger partial charge in [-0.05, 0) is 0 Å². The van der Waals surface area contributed by atoms with E-state index in [9.17, 15) is 24.6 Å². The fourth-order valence-corrected chi connectivity index (χ4v) is 2.10. The van der Waals surface area contributed by atoms with E-state index in [1.165, 1.54) is 0 Å². The van der Waals surface area contributed by atoms with Crippen LogP contribution in [0, 0.1) is 0 Å². The quantitative estimate of drug-likeness (QED) is 0.278. The zero-order valence-corrected chi connectivity index (χ0v) is 12.2. The van der Waals surface area contributed by atoms with Crippen molar-refractivity contribution < 1.29 is 49.4 Å². The Balaban J connectivity index is 2.97. The fourth-order valence-electron chi connectivity index (χ4n) is 2.10. The van der Waals surface area contributed by atoms with Crippen molar-refractivity contribution in [2.75, 3.05) is 6.61 Å². The first-order chi connectivity index (χ1) is 10.7. The molecule has 2 unspecified atom stereocenters. The third-order valence-electron chi connectivity index (χ3n) is 3.18. The van der Waals surface area contributed by atoms with Crippen LogP contribution < -0.4 is 5.32 Å². The molecule has 1 aliphatic heterocycles. The topological polar surface area (TPSA) is 183 Å². The third-order valence-corrected chi connectivity index (χ3v) is 3.18. The number of aliphatic carboxylic acids is 2. The largest absolute Gasteiger partial charge is 0.481 e. The summed E-state index contributed by atoms with van der Waals surface area (Å²) in [6.07, 6.45) is -8.73. The minimum absolute atomic E-state index is 0.619. The van der Waals surface area contributed by atoms with Crippen molar-refractivity contribution >= 4 is 17.8 Å². The summed E-state index contributed by atoms with van der Waals surface area (Å²) >= 11 is 0. The first kappa shape index (κ1) is 19.3. The van der Waals surface area contributed by atoms with Gasteiger partial charge in [-0.15, -0.1) is 0 Å². The number of aliphatic hydroxyl groups excluding tert-OH is 3. The van der Waals surface area contributed by atoms with Crippen molar-refractivity contribution in [2.45, 2.75) is 50.1 Å². The molecule has 1 amide bonds. The predicted molar refractivity (Wildman–Crippen MR) is 70.1 cm³/mol. The van der Waals surface area contributed by atoms with Crippen LogP contribution in [0.15, 0.2) is 0 Å². The number of carboxylic acids is 2. The molecule has 23 heavy (non-hydrogen) atoms. The summed E-state index contributed by atoms with van der Waals surface area (Å²) in [5.74, 6) is -3.65. The van der Waals surface area contributed by atoms with E-state index in [4.69, 9.17) is 24.8 Å². The molecule has 1 rings (SSSR count). The second-order valence-corrected chi connectivity index (χ2v) is 4.99. The van der Waals surface area contributed by atoms with Gasteiger partial charge in [0, 0.05) is 6.92 Å². The number of rotatable bonds is 7. The van der Waals surface area contributed by atoms with Gasteiger partial charge >= 0.3 is 11.9 Å². The Labute approximate surface area is 130 Å². The molecule has 132 valence electrons. The minimum atomic E-state index is -1.81. The highest BCUT2D eigenvalue weighted by atomic mass is 16.7. The lowest BCUT2D eigenvalue weighted by Gasteiger charge is -2.42. The van der Waals surface area contributed by atoms with Gasteiger partial charge in [-0.2, -0.15) is 0 Å². The Kier molecular flexibility index (Phi) is 6.84. The molecule has 0 aliphatic carbocycles. The Hall–Kier alpha value is -1.79. The van der Waals surface area contributed by atoms with E-state index in [0.717, 1.165) is 6.92 Å². The number of ether oxygens (including phenoxy) is 2. The van der Waals surface area contributed by atoms with Crippen LogP contribution >= 0.6 is 0 Å². The number of hydrogen-bond donors (Lipinski definition) is 6. The van der Waals surface area contributed by atoms with E-state index in [0.29, 0.717) is 0 Å². The molecule has 6 N–H and O–H groups in total. The summed E-state index contributed by atoms with van der Waals surface area (Å²) in [4.78, 5) is 32.9. The number of amides is 1. The first-order valence-corrected chi connectivity index (χ1v) is 6.67. The lowest BCUT2D eigenvalue weighted by molar-refractivity contribution is -0.281. The van der Waals surface area contributed by atoms with Gasteiger partial charge in [0.25, 0.3) is 0 Å². The maximum absolute atomic E-state index is 11.2. The van der Waals surface area contributed by atoms with Crippen molar-refractivity contribution in [3.63, 3.8) is 0 Å². The maximum atomic E-state index is 11.2. The molecule has 1 fully saturated rings. The number of carbonyl (C=O) groups is 3. The standard InChI is InChI=1S/C12H19NO10/c1-4(15)13-8-10(19)9(18)6(3-14)23-12(8)22-5(11(20)21)2-7(16)17/h5-6,8-10,12,14,18-19H,2-3H2,1H3,(H,13,15)(H,16,17)(H,20,21)/t5-,6?,8?,9+,10+,12+/m0/s1. The van der Waals surface area contributed by atoms with Crippen molar-refractivity contribution in [1.29, 1.82) is 0 Å². The van der Waals surface area contributed by atoms with E-state index >= 15 is 0 Å². The number of hydrogen-bond acceptors (Lipinski definition) is 8. The van der Waals surface area contributed by atoms with Crippen molar-refractivity contribution in [2.24, 2.45) is 0 Å². The van der Waals surface area contributed by atoms with Crippen LogP contribution in [-0.4, -0.2) is 86.7 Å². The minimum Gasteiger partial charge on any atom is -0.481 e. The van der Waals surface area contributed by atoms with Gasteiger partial charge in [-0.25, -0.2) is 4.79 Å². The number of carboxylic acid groups (broad SMARTS) is 2. The van der Waals surface area contributed by atoms with E-state index in [1.54, 1.807) is 0 Å². The Bertz CT molecular complexity index is 455. The normalized spacial score (nSPS) is 32.1. The van der Waals surface area contributed by atoms with Crippen molar-refractivity contribution in [3.8, 4) is 0 Å². The van der Waals surface area contributed by atoms with Gasteiger partial charge in [0.2, 0.25) is 5.91 Å². The fraction of sp³-hybridized carbons (Fsp3) is 0.750. The molecule has 11 heteroatoms. The van der Waals surface area contributed by atoms with Gasteiger partial charge in [0.15, 0.2) is 12.4 Å². The predicted octanol–water partition coefficient (Wildman–Crippen LogP) is -3.13. The highest BCUT2D eigenvalue weighted by molar-refractivity contribution is 5.79. The molecule has 0 spiro atoms. The van der Waals surface area contributed by atoms with Crippen molar-refractivity contribution in [3.05, 3.63) is 0 Å². The van der Waals surface area contributed by atoms with Crippen LogP contribution in [0.25, 0.3) is 0 Å². The summed E-state index contributed by atoms with van der Waals surface area (Å²) in [6, 6.07) is -1.35. The summed E-state index contributed by atoms with van der Waals surface area (Å²) in [7, 11) is 0. The van der Waals surface area contributed by atoms with Gasteiger partial charge in [0.1, 0.15) is 24.4 Å². The van der Waals surface area contributed by atoms with Gasteiger partial charge in [-0.1, -0.05) is 0 Å². The molecule has 0 bridgehead atoms. The monoisotopic (exact) mass is 337 g/mol. The number of nitrogens with one attached hydrogen (secondary N) is 1. The summed E-state index contributed by atoms with van der Waals surface area (Å²) in [5, 5.41) is 48.8. The van der Waals surface area contributed by atoms with E-state index in [2.05, 4.69) is 5.32 Å². The Morgan fingerprint density at radius 1 is 1.22 bits per heavy atom. The molecule has 0 saturated carbocycles. The number of carbonyl (C=O) groups excluding carboxylic acids is 1. The van der Waals surface area contributed by atoms with Crippen molar-refractivity contribution in [1.82, 2.24) is 5.32 Å². The molecular weight excluding hydrogens is 318 g/mol. The van der Waals surface area contributed by atoms with E-state index in [1.807, 2.05) is 0 Å². The molecule has 1 saturated heterocycles. The Morgan fingerprint density at radius 3 is 2.26 bits per heavy atom. The van der Waals surface area contributed by atoms with Gasteiger partial charge in [0.05, 0.1) is 13.0 Å². The second-order valence-electron chi connectivity index (χ2n) is 4.99. The molecule has 1 heterocycles. The number of aliphatic hydroxyl groups is 3. The van der Waals surface area contributed by atoms with E-state index < -0.39 is 67.6 Å². The van der Waals surface area contributed by atoms with E-state index in [-0.39, 0.29) is 0 Å². The van der Waals surface area contributed by atoms with Crippen LogP contribution in [0.3, 0.4) is 0 Å². The first-order valence-electron chi connectivity index (χ1n) is 6.67. The highest BCUT2D eigenvalue weighted by Crippen LogP contribution is 2.23. The third kappa shape index (κ3) is 5.11. The molecule has 6 atom stereocenters. The maximum Gasteiger partial charge on any atom is 0.333 e. The molecule has 0 aromatic rings. The molecule has 11 nitrogen and oxygen atoms in total. The summed E-state index contributed by atoms with van der Waals surface area (Å²) in [5.41, 5.74) is 0. The SMILES string of the molecule is CC(=O)NC1[C@H](O[C@@H](CC(=O)O)C(=O)O)OC(CO)[C@@H](O)[C@@H]1O. The summed E-state index contributed by atoms with van der Waals surface area (Å²) < 4.78 is 10.2. The van der Waals surface area contributed by atoms with Crippen LogP contribution in [0.5, 0.6) is 0 Å². The van der Waals surface area contributed by atoms with Crippen LogP contribution in [-0.2, 0) is 23.9 Å². The lowest BCUT2D eigenvalue weighted by Crippen LogP contribution is -2.65. The molecular formula is C12H19NO10. The highest BCUT2D eigenvalue weighted by Gasteiger charge is 2.46. The smallest absolute Gasteiger partial charge is 0.333 e.